The van der Waals surface area contributed by atoms with Crippen LogP contribution in [-0.2, 0) is 6.54 Å². The van der Waals surface area contributed by atoms with Gasteiger partial charge in [0, 0.05) is 35.2 Å². The Bertz CT molecular complexity index is 1000. The standard InChI is InChI=1S/C26H33N3O/c1-20-21(2)29(19-22-10-5-3-6-11-22)25-13-12-23(18-24(20)25)26(30)27-14-9-17-28-15-7-4-8-16-28/h3,5-6,10-13,18H,4,7-9,14-17,19H2,1-2H3,(H,27,30). The molecule has 0 radical (unpaired) electrons. The van der Waals surface area contributed by atoms with Crippen molar-refractivity contribution in [3.05, 3.63) is 70.9 Å². The molecule has 1 aliphatic heterocycles. The highest BCUT2D eigenvalue weighted by Crippen LogP contribution is 2.27. The Balaban J connectivity index is 1.42. The van der Waals surface area contributed by atoms with Crippen molar-refractivity contribution in [2.45, 2.75) is 46.1 Å². The molecule has 0 bridgehead atoms. The molecule has 3 aromatic rings. The first-order valence-corrected chi connectivity index (χ1v) is 11.3. The van der Waals surface area contributed by atoms with Gasteiger partial charge in [-0.2, -0.15) is 0 Å². The molecule has 0 saturated carbocycles. The number of aryl methyl sites for hydroxylation is 1. The molecule has 1 aromatic heterocycles. The molecule has 30 heavy (non-hydrogen) atoms. The Kier molecular flexibility index (Phi) is 6.53. The van der Waals surface area contributed by atoms with E-state index in [-0.39, 0.29) is 5.91 Å². The zero-order valence-corrected chi connectivity index (χ0v) is 18.3. The number of rotatable bonds is 7. The largest absolute Gasteiger partial charge is 0.352 e. The van der Waals surface area contributed by atoms with Crippen LogP contribution in [0.2, 0.25) is 0 Å². The monoisotopic (exact) mass is 403 g/mol. The number of carbonyl (C=O) groups is 1. The predicted octanol–water partition coefficient (Wildman–Crippen LogP) is 4.91. The molecule has 1 fully saturated rings. The topological polar surface area (TPSA) is 37.3 Å². The number of nitrogens with one attached hydrogen (secondary N) is 1. The van der Waals surface area contributed by atoms with Gasteiger partial charge in [-0.05, 0) is 82.1 Å². The summed E-state index contributed by atoms with van der Waals surface area (Å²) in [5.74, 6) is 0.0309. The van der Waals surface area contributed by atoms with Gasteiger partial charge in [-0.15, -0.1) is 0 Å². The highest BCUT2D eigenvalue weighted by Gasteiger charge is 2.14. The van der Waals surface area contributed by atoms with Crippen molar-refractivity contribution >= 4 is 16.8 Å². The lowest BCUT2D eigenvalue weighted by Crippen LogP contribution is -2.33. The number of likely N-dealkylation sites (tertiary alicyclic amines) is 1. The molecule has 2 heterocycles. The maximum absolute atomic E-state index is 12.7. The van der Waals surface area contributed by atoms with Crippen LogP contribution >= 0.6 is 0 Å². The summed E-state index contributed by atoms with van der Waals surface area (Å²) in [6.07, 6.45) is 5.01. The molecule has 0 aliphatic carbocycles. The van der Waals surface area contributed by atoms with Crippen LogP contribution in [0.25, 0.3) is 10.9 Å². The lowest BCUT2D eigenvalue weighted by Gasteiger charge is -2.26. The van der Waals surface area contributed by atoms with Gasteiger partial charge in [0.15, 0.2) is 0 Å². The molecular weight excluding hydrogens is 370 g/mol. The third-order valence-electron chi connectivity index (χ3n) is 6.47. The minimum Gasteiger partial charge on any atom is -0.352 e. The molecule has 4 nitrogen and oxygen atoms in total. The number of amides is 1. The van der Waals surface area contributed by atoms with E-state index in [1.54, 1.807) is 0 Å². The molecule has 0 spiro atoms. The number of aromatic nitrogens is 1. The van der Waals surface area contributed by atoms with E-state index >= 15 is 0 Å². The fourth-order valence-electron chi connectivity index (χ4n) is 4.55. The van der Waals surface area contributed by atoms with Crippen LogP contribution in [0.1, 0.15) is 52.9 Å². The van der Waals surface area contributed by atoms with Crippen LogP contribution in [0, 0.1) is 13.8 Å². The van der Waals surface area contributed by atoms with Crippen molar-refractivity contribution < 1.29 is 4.79 Å². The fraction of sp³-hybridized carbons (Fsp3) is 0.423. The summed E-state index contributed by atoms with van der Waals surface area (Å²) in [5.41, 5.74) is 5.73. The molecule has 1 amide bonds. The van der Waals surface area contributed by atoms with Gasteiger partial charge in [0.1, 0.15) is 0 Å². The van der Waals surface area contributed by atoms with Crippen LogP contribution in [0.5, 0.6) is 0 Å². The van der Waals surface area contributed by atoms with Crippen molar-refractivity contribution in [2.75, 3.05) is 26.2 Å². The zero-order valence-electron chi connectivity index (χ0n) is 18.3. The molecule has 0 atom stereocenters. The smallest absolute Gasteiger partial charge is 0.251 e. The lowest BCUT2D eigenvalue weighted by molar-refractivity contribution is 0.0951. The summed E-state index contributed by atoms with van der Waals surface area (Å²) in [7, 11) is 0. The van der Waals surface area contributed by atoms with Gasteiger partial charge in [0.2, 0.25) is 0 Å². The number of carbonyl (C=O) groups excluding carboxylic acids is 1. The Hall–Kier alpha value is -2.59. The normalized spacial score (nSPS) is 14.9. The minimum atomic E-state index is 0.0309. The number of nitrogens with zero attached hydrogens (tertiary/aromatic N) is 2. The SMILES string of the molecule is Cc1c(C)n(Cc2ccccc2)c2ccc(C(=O)NCCCN3CCCCC3)cc12. The molecule has 4 rings (SSSR count). The number of hydrogen-bond donors (Lipinski definition) is 1. The average Bonchev–Trinajstić information content (AvgIpc) is 3.02. The van der Waals surface area contributed by atoms with Gasteiger partial charge in [0.25, 0.3) is 5.91 Å². The second kappa shape index (κ2) is 9.48. The van der Waals surface area contributed by atoms with Crippen LogP contribution in [-0.4, -0.2) is 41.6 Å². The van der Waals surface area contributed by atoms with E-state index in [0.29, 0.717) is 0 Å². The van der Waals surface area contributed by atoms with Crippen molar-refractivity contribution in [1.82, 2.24) is 14.8 Å². The molecule has 1 aliphatic rings. The molecule has 1 saturated heterocycles. The fourth-order valence-corrected chi connectivity index (χ4v) is 4.55. The number of benzene rings is 2. The summed E-state index contributed by atoms with van der Waals surface area (Å²) in [4.78, 5) is 15.2. The molecule has 2 aromatic carbocycles. The Morgan fingerprint density at radius 3 is 2.53 bits per heavy atom. The highest BCUT2D eigenvalue weighted by atomic mass is 16.1. The minimum absolute atomic E-state index is 0.0309. The Labute approximate surface area is 179 Å². The summed E-state index contributed by atoms with van der Waals surface area (Å²) in [5, 5.41) is 4.28. The summed E-state index contributed by atoms with van der Waals surface area (Å²) >= 11 is 0. The highest BCUT2D eigenvalue weighted by molar-refractivity contribution is 5.99. The van der Waals surface area contributed by atoms with Crippen LogP contribution in [0.3, 0.4) is 0 Å². The van der Waals surface area contributed by atoms with E-state index in [1.807, 2.05) is 12.1 Å². The third-order valence-corrected chi connectivity index (χ3v) is 6.47. The quantitative estimate of drug-likeness (QED) is 0.569. The maximum atomic E-state index is 12.7. The first kappa shape index (κ1) is 20.7. The first-order valence-electron chi connectivity index (χ1n) is 11.3. The molecule has 1 N–H and O–H groups in total. The lowest BCUT2D eigenvalue weighted by atomic mass is 10.1. The first-order chi connectivity index (χ1) is 14.6. The Morgan fingerprint density at radius 1 is 1.00 bits per heavy atom. The van der Waals surface area contributed by atoms with Crippen LogP contribution < -0.4 is 5.32 Å². The van der Waals surface area contributed by atoms with Crippen molar-refractivity contribution in [3.63, 3.8) is 0 Å². The zero-order chi connectivity index (χ0) is 20.9. The van der Waals surface area contributed by atoms with Gasteiger partial charge >= 0.3 is 0 Å². The third kappa shape index (κ3) is 4.59. The number of hydrogen-bond acceptors (Lipinski definition) is 2. The summed E-state index contributed by atoms with van der Waals surface area (Å²) in [6, 6.07) is 16.6. The van der Waals surface area contributed by atoms with Crippen molar-refractivity contribution in [2.24, 2.45) is 0 Å². The molecule has 4 heteroatoms. The molecular formula is C26H33N3O. The van der Waals surface area contributed by atoms with E-state index in [2.05, 4.69) is 65.0 Å². The molecule has 0 unspecified atom stereocenters. The van der Waals surface area contributed by atoms with E-state index < -0.39 is 0 Å². The summed E-state index contributed by atoms with van der Waals surface area (Å²) in [6.45, 7) is 9.41. The predicted molar refractivity (Wildman–Crippen MR) is 124 cm³/mol. The van der Waals surface area contributed by atoms with Gasteiger partial charge in [-0.1, -0.05) is 36.8 Å². The van der Waals surface area contributed by atoms with Gasteiger partial charge in [0.05, 0.1) is 0 Å². The average molecular weight is 404 g/mol. The number of fused-ring (bicyclic) bond motifs is 1. The van der Waals surface area contributed by atoms with E-state index in [1.165, 1.54) is 60.1 Å². The van der Waals surface area contributed by atoms with Crippen LogP contribution in [0.15, 0.2) is 48.5 Å². The second-order valence-electron chi connectivity index (χ2n) is 8.53. The van der Waals surface area contributed by atoms with Crippen molar-refractivity contribution in [3.8, 4) is 0 Å². The second-order valence-corrected chi connectivity index (χ2v) is 8.53. The van der Waals surface area contributed by atoms with Gasteiger partial charge < -0.3 is 14.8 Å². The Morgan fingerprint density at radius 2 is 1.77 bits per heavy atom. The summed E-state index contributed by atoms with van der Waals surface area (Å²) < 4.78 is 2.35. The van der Waals surface area contributed by atoms with Crippen LogP contribution in [0.4, 0.5) is 0 Å². The van der Waals surface area contributed by atoms with Gasteiger partial charge in [-0.3, -0.25) is 4.79 Å². The van der Waals surface area contributed by atoms with E-state index in [0.717, 1.165) is 31.6 Å². The maximum Gasteiger partial charge on any atom is 0.251 e. The van der Waals surface area contributed by atoms with E-state index in [4.69, 9.17) is 0 Å². The number of piperidine rings is 1. The van der Waals surface area contributed by atoms with Crippen molar-refractivity contribution in [1.29, 1.82) is 0 Å². The molecule has 158 valence electrons. The van der Waals surface area contributed by atoms with E-state index in [9.17, 15) is 4.79 Å². The van der Waals surface area contributed by atoms with Gasteiger partial charge in [-0.25, -0.2) is 0 Å².